The number of methoxy groups -OCH3 is 1. The molecule has 0 radical (unpaired) electrons. The quantitative estimate of drug-likeness (QED) is 0.616. The van der Waals surface area contributed by atoms with Crippen LogP contribution in [0.5, 0.6) is 5.75 Å². The standard InChI is InChI=1S/C23H23FN4O4/c1-31-22-17(23(30)25-14-20(29)28-10-12-32-13-11-28)7-9-19-21(22)18(26-27-19)8-4-15-2-5-16(24)6-3-15/h2-9H,10-14H2,1H3,(H,25,30)(H,26,27). The lowest BCUT2D eigenvalue weighted by atomic mass is 10.1. The molecule has 0 atom stereocenters. The molecule has 0 spiro atoms. The van der Waals surface area contributed by atoms with Crippen LogP contribution in [0.4, 0.5) is 4.39 Å². The minimum Gasteiger partial charge on any atom is -0.495 e. The molecule has 9 heteroatoms. The summed E-state index contributed by atoms with van der Waals surface area (Å²) in [6, 6.07) is 9.43. The third kappa shape index (κ3) is 4.62. The number of nitrogens with one attached hydrogen (secondary N) is 2. The lowest BCUT2D eigenvalue weighted by Gasteiger charge is -2.26. The maximum Gasteiger partial charge on any atom is 0.255 e. The summed E-state index contributed by atoms with van der Waals surface area (Å²) in [6.45, 7) is 1.92. The van der Waals surface area contributed by atoms with E-state index >= 15 is 0 Å². The maximum atomic E-state index is 13.1. The van der Waals surface area contributed by atoms with Gasteiger partial charge in [0.2, 0.25) is 5.91 Å². The fraction of sp³-hybridized carbons (Fsp3) is 0.261. The van der Waals surface area contributed by atoms with Crippen LogP contribution in [-0.4, -0.2) is 66.9 Å². The number of hydrogen-bond donors (Lipinski definition) is 2. The molecular weight excluding hydrogens is 415 g/mol. The lowest BCUT2D eigenvalue weighted by molar-refractivity contribution is -0.134. The average Bonchev–Trinajstić information content (AvgIpc) is 3.25. The van der Waals surface area contributed by atoms with Gasteiger partial charge in [-0.15, -0.1) is 0 Å². The second-order valence-electron chi connectivity index (χ2n) is 7.24. The van der Waals surface area contributed by atoms with Crippen molar-refractivity contribution in [1.29, 1.82) is 0 Å². The highest BCUT2D eigenvalue weighted by atomic mass is 19.1. The number of ether oxygens (including phenoxy) is 2. The number of morpholine rings is 1. The highest BCUT2D eigenvalue weighted by molar-refractivity contribution is 6.06. The summed E-state index contributed by atoms with van der Waals surface area (Å²) in [5.74, 6) is -0.531. The van der Waals surface area contributed by atoms with Gasteiger partial charge in [0.15, 0.2) is 0 Å². The first kappa shape index (κ1) is 21.5. The summed E-state index contributed by atoms with van der Waals surface area (Å²) in [5, 5.41) is 10.5. The zero-order valence-corrected chi connectivity index (χ0v) is 17.6. The molecule has 1 aliphatic rings. The van der Waals surface area contributed by atoms with E-state index < -0.39 is 5.91 Å². The maximum absolute atomic E-state index is 13.1. The number of aromatic amines is 1. The van der Waals surface area contributed by atoms with Gasteiger partial charge in [0.05, 0.1) is 49.0 Å². The Hall–Kier alpha value is -3.72. The number of benzene rings is 2. The molecule has 1 fully saturated rings. The van der Waals surface area contributed by atoms with E-state index in [0.717, 1.165) is 5.56 Å². The average molecular weight is 438 g/mol. The molecule has 3 aromatic rings. The van der Waals surface area contributed by atoms with Crippen LogP contribution in [0.25, 0.3) is 23.1 Å². The van der Waals surface area contributed by atoms with E-state index in [1.165, 1.54) is 19.2 Å². The fourth-order valence-electron chi connectivity index (χ4n) is 3.54. The van der Waals surface area contributed by atoms with E-state index in [1.807, 2.05) is 0 Å². The predicted molar refractivity (Wildman–Crippen MR) is 118 cm³/mol. The molecule has 0 unspecified atom stereocenters. The summed E-state index contributed by atoms with van der Waals surface area (Å²) in [7, 11) is 1.48. The van der Waals surface area contributed by atoms with Gasteiger partial charge in [-0.05, 0) is 35.9 Å². The Morgan fingerprint density at radius 3 is 2.66 bits per heavy atom. The highest BCUT2D eigenvalue weighted by Gasteiger charge is 2.21. The van der Waals surface area contributed by atoms with Crippen LogP contribution in [0.15, 0.2) is 36.4 Å². The lowest BCUT2D eigenvalue weighted by Crippen LogP contribution is -2.45. The van der Waals surface area contributed by atoms with Crippen LogP contribution >= 0.6 is 0 Å². The molecule has 4 rings (SSSR count). The van der Waals surface area contributed by atoms with Crippen molar-refractivity contribution in [2.45, 2.75) is 0 Å². The minimum absolute atomic E-state index is 0.108. The Bertz CT molecular complexity index is 1150. The Kier molecular flexibility index (Phi) is 6.46. The molecule has 8 nitrogen and oxygen atoms in total. The largest absolute Gasteiger partial charge is 0.495 e. The van der Waals surface area contributed by atoms with E-state index in [-0.39, 0.29) is 18.3 Å². The smallest absolute Gasteiger partial charge is 0.255 e. The van der Waals surface area contributed by atoms with Gasteiger partial charge in [-0.25, -0.2) is 4.39 Å². The Labute approximate surface area is 184 Å². The molecular formula is C23H23FN4O4. The summed E-state index contributed by atoms with van der Waals surface area (Å²) >= 11 is 0. The molecule has 1 aliphatic heterocycles. The van der Waals surface area contributed by atoms with Crippen molar-refractivity contribution in [3.8, 4) is 5.75 Å². The van der Waals surface area contributed by atoms with Crippen LogP contribution < -0.4 is 10.1 Å². The number of H-pyrrole nitrogens is 1. The van der Waals surface area contributed by atoms with Gasteiger partial charge in [0.25, 0.3) is 5.91 Å². The van der Waals surface area contributed by atoms with E-state index in [0.29, 0.717) is 54.2 Å². The molecule has 0 saturated carbocycles. The van der Waals surface area contributed by atoms with Gasteiger partial charge < -0.3 is 19.7 Å². The number of halogens is 1. The second-order valence-corrected chi connectivity index (χ2v) is 7.24. The zero-order chi connectivity index (χ0) is 22.5. The Morgan fingerprint density at radius 2 is 1.94 bits per heavy atom. The number of aromatic nitrogens is 2. The van der Waals surface area contributed by atoms with E-state index in [4.69, 9.17) is 9.47 Å². The van der Waals surface area contributed by atoms with Gasteiger partial charge in [-0.1, -0.05) is 18.2 Å². The molecule has 0 aliphatic carbocycles. The summed E-state index contributed by atoms with van der Waals surface area (Å²) in [5.41, 5.74) is 2.37. The van der Waals surface area contributed by atoms with E-state index in [9.17, 15) is 14.0 Å². The first-order valence-corrected chi connectivity index (χ1v) is 10.2. The van der Waals surface area contributed by atoms with Crippen molar-refractivity contribution in [2.24, 2.45) is 0 Å². The van der Waals surface area contributed by atoms with Crippen molar-refractivity contribution >= 4 is 34.9 Å². The van der Waals surface area contributed by atoms with Crippen molar-refractivity contribution in [3.05, 3.63) is 59.0 Å². The van der Waals surface area contributed by atoms with Crippen molar-refractivity contribution < 1.29 is 23.5 Å². The molecule has 32 heavy (non-hydrogen) atoms. The van der Waals surface area contributed by atoms with Crippen LogP contribution in [-0.2, 0) is 9.53 Å². The van der Waals surface area contributed by atoms with Gasteiger partial charge in [0.1, 0.15) is 11.6 Å². The zero-order valence-electron chi connectivity index (χ0n) is 17.6. The number of amides is 2. The van der Waals surface area contributed by atoms with Crippen LogP contribution in [0.3, 0.4) is 0 Å². The Balaban J connectivity index is 1.55. The van der Waals surface area contributed by atoms with Gasteiger partial charge in [-0.3, -0.25) is 14.7 Å². The number of carbonyl (C=O) groups is 2. The minimum atomic E-state index is -0.417. The van der Waals surface area contributed by atoms with Crippen molar-refractivity contribution in [3.63, 3.8) is 0 Å². The second kappa shape index (κ2) is 9.61. The Morgan fingerprint density at radius 1 is 1.19 bits per heavy atom. The molecule has 166 valence electrons. The third-order valence-corrected chi connectivity index (χ3v) is 5.23. The monoisotopic (exact) mass is 438 g/mol. The third-order valence-electron chi connectivity index (χ3n) is 5.23. The van der Waals surface area contributed by atoms with Crippen molar-refractivity contribution in [1.82, 2.24) is 20.4 Å². The first-order valence-electron chi connectivity index (χ1n) is 10.2. The normalized spacial score (nSPS) is 14.1. The van der Waals surface area contributed by atoms with Crippen LogP contribution in [0.2, 0.25) is 0 Å². The molecule has 2 heterocycles. The number of fused-ring (bicyclic) bond motifs is 1. The highest BCUT2D eigenvalue weighted by Crippen LogP contribution is 2.32. The summed E-state index contributed by atoms with van der Waals surface area (Å²) in [4.78, 5) is 26.8. The number of rotatable bonds is 6. The summed E-state index contributed by atoms with van der Waals surface area (Å²) < 4.78 is 23.9. The van der Waals surface area contributed by atoms with Gasteiger partial charge in [-0.2, -0.15) is 5.10 Å². The van der Waals surface area contributed by atoms with Crippen LogP contribution in [0.1, 0.15) is 21.6 Å². The van der Waals surface area contributed by atoms with Crippen molar-refractivity contribution in [2.75, 3.05) is 40.0 Å². The predicted octanol–water partition coefficient (Wildman–Crippen LogP) is 2.47. The van der Waals surface area contributed by atoms with Gasteiger partial charge in [0, 0.05) is 13.1 Å². The van der Waals surface area contributed by atoms with E-state index in [1.54, 1.807) is 41.3 Å². The SMILES string of the molecule is COc1c(C(=O)NCC(=O)N2CCOCC2)ccc2[nH]nc(C=Cc3ccc(F)cc3)c12. The van der Waals surface area contributed by atoms with Crippen LogP contribution in [0, 0.1) is 5.82 Å². The number of hydrogen-bond acceptors (Lipinski definition) is 5. The number of nitrogens with zero attached hydrogens (tertiary/aromatic N) is 2. The molecule has 1 saturated heterocycles. The number of carbonyl (C=O) groups excluding carboxylic acids is 2. The molecule has 2 N–H and O–H groups in total. The molecule has 0 bridgehead atoms. The topological polar surface area (TPSA) is 96.5 Å². The summed E-state index contributed by atoms with van der Waals surface area (Å²) in [6.07, 6.45) is 3.56. The fourth-order valence-corrected chi connectivity index (χ4v) is 3.54. The molecule has 2 amide bonds. The first-order chi connectivity index (χ1) is 15.6. The molecule has 2 aromatic carbocycles. The molecule has 1 aromatic heterocycles. The van der Waals surface area contributed by atoms with E-state index in [2.05, 4.69) is 15.5 Å². The van der Waals surface area contributed by atoms with Gasteiger partial charge >= 0.3 is 0 Å².